The Morgan fingerprint density at radius 2 is 2.06 bits per heavy atom. The molecule has 1 atom stereocenters. The van der Waals surface area contributed by atoms with Crippen molar-refractivity contribution in [2.75, 3.05) is 12.4 Å². The largest absolute Gasteiger partial charge is 0.495 e. The van der Waals surface area contributed by atoms with E-state index in [4.69, 9.17) is 16.3 Å². The smallest absolute Gasteiger partial charge is 0.139 e. The molecular weight excluding hydrogens is 222 g/mol. The molecule has 0 saturated heterocycles. The van der Waals surface area contributed by atoms with Gasteiger partial charge in [-0.25, -0.2) is 0 Å². The van der Waals surface area contributed by atoms with Crippen molar-refractivity contribution >= 4 is 17.3 Å². The number of methoxy groups -OCH3 is 1. The number of benzene rings is 1. The van der Waals surface area contributed by atoms with Gasteiger partial charge in [0.25, 0.3) is 0 Å². The Bertz CT molecular complexity index is 339. The van der Waals surface area contributed by atoms with Crippen molar-refractivity contribution in [3.63, 3.8) is 0 Å². The zero-order valence-electron chi connectivity index (χ0n) is 10.4. The highest BCUT2D eigenvalue weighted by Gasteiger charge is 2.11. The van der Waals surface area contributed by atoms with Crippen LogP contribution in [0, 0.1) is 5.92 Å². The molecule has 0 aromatic heterocycles. The van der Waals surface area contributed by atoms with Crippen LogP contribution >= 0.6 is 11.6 Å². The number of nitrogens with one attached hydrogen (secondary N) is 1. The highest BCUT2D eigenvalue weighted by Crippen LogP contribution is 2.28. The SMILES string of the molecule is CCC(Nc1ccc(Cl)c(OC)c1)C(C)C. The van der Waals surface area contributed by atoms with Gasteiger partial charge in [-0.1, -0.05) is 32.4 Å². The molecule has 0 amide bonds. The van der Waals surface area contributed by atoms with Gasteiger partial charge in [-0.05, 0) is 24.5 Å². The van der Waals surface area contributed by atoms with Crippen LogP contribution in [0.1, 0.15) is 27.2 Å². The first-order valence-corrected chi connectivity index (χ1v) is 6.06. The van der Waals surface area contributed by atoms with Crippen molar-refractivity contribution in [3.05, 3.63) is 23.2 Å². The van der Waals surface area contributed by atoms with Crippen LogP contribution < -0.4 is 10.1 Å². The molecule has 1 rings (SSSR count). The zero-order valence-corrected chi connectivity index (χ0v) is 11.1. The first kappa shape index (κ1) is 13.2. The summed E-state index contributed by atoms with van der Waals surface area (Å²) in [6, 6.07) is 6.25. The molecule has 2 nitrogen and oxygen atoms in total. The lowest BCUT2D eigenvalue weighted by molar-refractivity contribution is 0.415. The second-order valence-electron chi connectivity index (χ2n) is 4.25. The van der Waals surface area contributed by atoms with E-state index < -0.39 is 0 Å². The standard InChI is InChI=1S/C13H20ClNO/c1-5-12(9(2)3)15-10-6-7-11(14)13(8-10)16-4/h6-9,12,15H,5H2,1-4H3. The molecule has 1 aromatic rings. The molecule has 1 N–H and O–H groups in total. The van der Waals surface area contributed by atoms with Crippen LogP contribution in [-0.2, 0) is 0 Å². The summed E-state index contributed by atoms with van der Waals surface area (Å²) in [4.78, 5) is 0. The second kappa shape index (κ2) is 6.00. The number of hydrogen-bond acceptors (Lipinski definition) is 2. The molecule has 90 valence electrons. The number of hydrogen-bond donors (Lipinski definition) is 1. The van der Waals surface area contributed by atoms with Crippen LogP contribution in [0.3, 0.4) is 0 Å². The topological polar surface area (TPSA) is 21.3 Å². The average Bonchev–Trinajstić information content (AvgIpc) is 2.27. The third-order valence-electron chi connectivity index (χ3n) is 2.75. The number of ether oxygens (including phenoxy) is 1. The van der Waals surface area contributed by atoms with Crippen LogP contribution in [0.5, 0.6) is 5.75 Å². The normalized spacial score (nSPS) is 12.6. The summed E-state index contributed by atoms with van der Waals surface area (Å²) < 4.78 is 5.19. The maximum Gasteiger partial charge on any atom is 0.139 e. The van der Waals surface area contributed by atoms with E-state index in [1.165, 1.54) is 0 Å². The van der Waals surface area contributed by atoms with Crippen LogP contribution in [0.25, 0.3) is 0 Å². The molecule has 0 fully saturated rings. The Morgan fingerprint density at radius 1 is 1.38 bits per heavy atom. The minimum absolute atomic E-state index is 0.478. The van der Waals surface area contributed by atoms with Crippen molar-refractivity contribution in [2.24, 2.45) is 5.92 Å². The Balaban J connectivity index is 2.80. The second-order valence-corrected chi connectivity index (χ2v) is 4.66. The summed E-state index contributed by atoms with van der Waals surface area (Å²) in [5.74, 6) is 1.32. The van der Waals surface area contributed by atoms with Gasteiger partial charge in [0.05, 0.1) is 12.1 Å². The van der Waals surface area contributed by atoms with E-state index in [0.717, 1.165) is 12.1 Å². The molecule has 16 heavy (non-hydrogen) atoms. The van der Waals surface area contributed by atoms with Crippen molar-refractivity contribution in [1.82, 2.24) is 0 Å². The zero-order chi connectivity index (χ0) is 12.1. The molecule has 0 aliphatic carbocycles. The third-order valence-corrected chi connectivity index (χ3v) is 3.06. The highest BCUT2D eigenvalue weighted by atomic mass is 35.5. The van der Waals surface area contributed by atoms with Crippen LogP contribution in [0.15, 0.2) is 18.2 Å². The Morgan fingerprint density at radius 3 is 2.56 bits per heavy atom. The summed E-state index contributed by atoms with van der Waals surface area (Å²) in [6.45, 7) is 6.62. The summed E-state index contributed by atoms with van der Waals surface area (Å²) in [6.07, 6.45) is 1.10. The van der Waals surface area contributed by atoms with Gasteiger partial charge < -0.3 is 10.1 Å². The lowest BCUT2D eigenvalue weighted by Crippen LogP contribution is -2.24. The Hall–Kier alpha value is -0.890. The van der Waals surface area contributed by atoms with Crippen molar-refractivity contribution in [1.29, 1.82) is 0 Å². The van der Waals surface area contributed by atoms with E-state index in [1.807, 2.05) is 18.2 Å². The fourth-order valence-corrected chi connectivity index (χ4v) is 1.90. The van der Waals surface area contributed by atoms with Crippen LogP contribution in [0.4, 0.5) is 5.69 Å². The van der Waals surface area contributed by atoms with Gasteiger partial charge in [-0.15, -0.1) is 0 Å². The minimum Gasteiger partial charge on any atom is -0.495 e. The third kappa shape index (κ3) is 3.31. The summed E-state index contributed by atoms with van der Waals surface area (Å²) in [5, 5.41) is 4.14. The molecule has 0 saturated carbocycles. The van der Waals surface area contributed by atoms with Crippen molar-refractivity contribution in [3.8, 4) is 5.75 Å². The molecule has 0 heterocycles. The van der Waals surface area contributed by atoms with E-state index in [2.05, 4.69) is 26.1 Å². The lowest BCUT2D eigenvalue weighted by atomic mass is 10.0. The summed E-state index contributed by atoms with van der Waals surface area (Å²) >= 11 is 5.98. The maximum absolute atomic E-state index is 5.98. The van der Waals surface area contributed by atoms with Crippen LogP contribution in [-0.4, -0.2) is 13.2 Å². The van der Waals surface area contributed by atoms with Gasteiger partial charge in [0.2, 0.25) is 0 Å². The summed E-state index contributed by atoms with van der Waals surface area (Å²) in [5.41, 5.74) is 1.06. The molecule has 1 aromatic carbocycles. The molecule has 0 spiro atoms. The molecule has 1 unspecified atom stereocenters. The summed E-state index contributed by atoms with van der Waals surface area (Å²) in [7, 11) is 1.63. The van der Waals surface area contributed by atoms with Crippen LogP contribution in [0.2, 0.25) is 5.02 Å². The van der Waals surface area contributed by atoms with Gasteiger partial charge in [0.15, 0.2) is 0 Å². The molecule has 0 radical (unpaired) electrons. The lowest BCUT2D eigenvalue weighted by Gasteiger charge is -2.22. The maximum atomic E-state index is 5.98. The minimum atomic E-state index is 0.478. The highest BCUT2D eigenvalue weighted by molar-refractivity contribution is 6.32. The van der Waals surface area contributed by atoms with Gasteiger partial charge >= 0.3 is 0 Å². The van der Waals surface area contributed by atoms with Gasteiger partial charge in [-0.3, -0.25) is 0 Å². The first-order chi connectivity index (χ1) is 7.58. The molecule has 0 aliphatic heterocycles. The van der Waals surface area contributed by atoms with Gasteiger partial charge in [-0.2, -0.15) is 0 Å². The van der Waals surface area contributed by atoms with E-state index >= 15 is 0 Å². The van der Waals surface area contributed by atoms with Crippen molar-refractivity contribution in [2.45, 2.75) is 33.2 Å². The Labute approximate surface area is 103 Å². The number of rotatable bonds is 5. The van der Waals surface area contributed by atoms with E-state index in [1.54, 1.807) is 7.11 Å². The number of halogens is 1. The fraction of sp³-hybridized carbons (Fsp3) is 0.538. The quantitative estimate of drug-likeness (QED) is 0.835. The molecular formula is C13H20ClNO. The Kier molecular flexibility index (Phi) is 4.94. The molecule has 3 heteroatoms. The predicted octanol–water partition coefficient (Wildman–Crippen LogP) is 4.20. The first-order valence-electron chi connectivity index (χ1n) is 5.68. The molecule has 0 bridgehead atoms. The molecule has 0 aliphatic rings. The van der Waals surface area contributed by atoms with Gasteiger partial charge in [0.1, 0.15) is 5.75 Å². The van der Waals surface area contributed by atoms with Gasteiger partial charge in [0, 0.05) is 17.8 Å². The average molecular weight is 242 g/mol. The predicted molar refractivity (Wildman–Crippen MR) is 70.5 cm³/mol. The van der Waals surface area contributed by atoms with Crippen molar-refractivity contribution < 1.29 is 4.74 Å². The number of anilines is 1. The monoisotopic (exact) mass is 241 g/mol. The van der Waals surface area contributed by atoms with E-state index in [9.17, 15) is 0 Å². The van der Waals surface area contributed by atoms with E-state index in [0.29, 0.717) is 22.7 Å². The fourth-order valence-electron chi connectivity index (χ4n) is 1.70. The van der Waals surface area contributed by atoms with E-state index in [-0.39, 0.29) is 0 Å².